The second-order valence-corrected chi connectivity index (χ2v) is 31.6. The zero-order chi connectivity index (χ0) is 70.7. The van der Waals surface area contributed by atoms with Gasteiger partial charge in [-0.15, -0.1) is 0 Å². The summed E-state index contributed by atoms with van der Waals surface area (Å²) in [6.07, 6.45) is 56.9. The average molecular weight is 1410 g/mol. The third-order valence-electron chi connectivity index (χ3n) is 18.0. The van der Waals surface area contributed by atoms with Gasteiger partial charge in [0.2, 0.25) is 0 Å². The maximum Gasteiger partial charge on any atom is 0.472 e. The third kappa shape index (κ3) is 70.5. The molecule has 2 unspecified atom stereocenters. The lowest BCUT2D eigenvalue weighted by Crippen LogP contribution is -2.30. The van der Waals surface area contributed by atoms with Crippen molar-refractivity contribution < 1.29 is 80.2 Å². The molecule has 96 heavy (non-hydrogen) atoms. The van der Waals surface area contributed by atoms with Crippen molar-refractivity contribution in [2.24, 2.45) is 11.8 Å². The Morgan fingerprint density at radius 2 is 0.479 bits per heavy atom. The first-order valence-electron chi connectivity index (χ1n) is 40.0. The van der Waals surface area contributed by atoms with E-state index in [1.54, 1.807) is 0 Å². The van der Waals surface area contributed by atoms with Gasteiger partial charge >= 0.3 is 39.5 Å². The maximum absolute atomic E-state index is 13.1. The SMILES string of the molecule is CCCCCCCCCCCCCCCCCCCCCCC(=O)O[C@H](COC(=O)CCCCCCCCCCCCC(C)C)COP(=O)(O)OC[C@@H](O)COP(=O)(O)OC[C@@H](COC(=O)CCCCCCCCCCCCC)OC(=O)CCCCCCCCCCCC(C)C. The monoisotopic (exact) mass is 1410 g/mol. The molecular formula is C77H150O17P2. The number of aliphatic hydroxyl groups excluding tert-OH is 1. The van der Waals surface area contributed by atoms with E-state index in [1.807, 2.05) is 0 Å². The van der Waals surface area contributed by atoms with Crippen molar-refractivity contribution in [2.75, 3.05) is 39.6 Å². The molecule has 0 aliphatic carbocycles. The Morgan fingerprint density at radius 3 is 0.708 bits per heavy atom. The van der Waals surface area contributed by atoms with E-state index in [0.717, 1.165) is 102 Å². The van der Waals surface area contributed by atoms with Crippen molar-refractivity contribution >= 4 is 39.5 Å². The fraction of sp³-hybridized carbons (Fsp3) is 0.948. The van der Waals surface area contributed by atoms with Crippen molar-refractivity contribution in [2.45, 2.75) is 419 Å². The van der Waals surface area contributed by atoms with Crippen molar-refractivity contribution in [1.82, 2.24) is 0 Å². The predicted octanol–water partition coefficient (Wildman–Crippen LogP) is 22.7. The number of carbonyl (C=O) groups excluding carboxylic acids is 4. The molecule has 0 fully saturated rings. The summed E-state index contributed by atoms with van der Waals surface area (Å²) in [6, 6.07) is 0. The minimum Gasteiger partial charge on any atom is -0.462 e. The fourth-order valence-electron chi connectivity index (χ4n) is 11.8. The van der Waals surface area contributed by atoms with Crippen LogP contribution in [-0.4, -0.2) is 96.7 Å². The van der Waals surface area contributed by atoms with E-state index in [1.165, 1.54) is 218 Å². The van der Waals surface area contributed by atoms with Crippen molar-refractivity contribution in [3.05, 3.63) is 0 Å². The lowest BCUT2D eigenvalue weighted by Gasteiger charge is -2.21. The molecule has 17 nitrogen and oxygen atoms in total. The summed E-state index contributed by atoms with van der Waals surface area (Å²) < 4.78 is 68.5. The van der Waals surface area contributed by atoms with Crippen LogP contribution in [-0.2, 0) is 65.4 Å². The Balaban J connectivity index is 5.22. The summed E-state index contributed by atoms with van der Waals surface area (Å²) in [5.74, 6) is -0.620. The summed E-state index contributed by atoms with van der Waals surface area (Å²) in [7, 11) is -9.91. The van der Waals surface area contributed by atoms with E-state index < -0.39 is 97.5 Å². The number of phosphoric acid groups is 2. The van der Waals surface area contributed by atoms with Gasteiger partial charge in [0.05, 0.1) is 26.4 Å². The van der Waals surface area contributed by atoms with Gasteiger partial charge < -0.3 is 33.8 Å². The molecule has 0 saturated heterocycles. The van der Waals surface area contributed by atoms with Gasteiger partial charge in [0, 0.05) is 25.7 Å². The van der Waals surface area contributed by atoms with E-state index >= 15 is 0 Å². The first-order valence-corrected chi connectivity index (χ1v) is 43.0. The molecule has 0 aliphatic heterocycles. The van der Waals surface area contributed by atoms with E-state index in [9.17, 15) is 43.2 Å². The van der Waals surface area contributed by atoms with Crippen LogP contribution in [0.5, 0.6) is 0 Å². The summed E-state index contributed by atoms with van der Waals surface area (Å²) in [5, 5.41) is 10.6. The maximum atomic E-state index is 13.1. The van der Waals surface area contributed by atoms with Crippen LogP contribution in [0.3, 0.4) is 0 Å². The van der Waals surface area contributed by atoms with Gasteiger partial charge in [0.25, 0.3) is 0 Å². The Morgan fingerprint density at radius 1 is 0.281 bits per heavy atom. The predicted molar refractivity (Wildman–Crippen MR) is 391 cm³/mol. The number of rotatable bonds is 76. The van der Waals surface area contributed by atoms with Gasteiger partial charge in [0.15, 0.2) is 12.2 Å². The molecule has 19 heteroatoms. The van der Waals surface area contributed by atoms with Crippen LogP contribution in [0.25, 0.3) is 0 Å². The largest absolute Gasteiger partial charge is 0.472 e. The Bertz CT molecular complexity index is 1860. The highest BCUT2D eigenvalue weighted by Crippen LogP contribution is 2.45. The molecule has 570 valence electrons. The highest BCUT2D eigenvalue weighted by molar-refractivity contribution is 7.47. The smallest absolute Gasteiger partial charge is 0.462 e. The normalized spacial score (nSPS) is 14.0. The Hall–Kier alpha value is -1.94. The number of carbonyl (C=O) groups is 4. The number of unbranched alkanes of at least 4 members (excludes halogenated alkanes) is 46. The summed E-state index contributed by atoms with van der Waals surface area (Å²) >= 11 is 0. The van der Waals surface area contributed by atoms with Crippen LogP contribution >= 0.6 is 15.6 Å². The third-order valence-corrected chi connectivity index (χ3v) is 19.9. The van der Waals surface area contributed by atoms with Gasteiger partial charge in [-0.2, -0.15) is 0 Å². The molecule has 0 saturated carbocycles. The quantitative estimate of drug-likeness (QED) is 0.0222. The van der Waals surface area contributed by atoms with Crippen LogP contribution < -0.4 is 0 Å². The van der Waals surface area contributed by atoms with Crippen LogP contribution in [0, 0.1) is 11.8 Å². The second-order valence-electron chi connectivity index (χ2n) is 28.7. The topological polar surface area (TPSA) is 237 Å². The van der Waals surface area contributed by atoms with Crippen LogP contribution in [0.1, 0.15) is 401 Å². The molecule has 5 atom stereocenters. The number of hydrogen-bond acceptors (Lipinski definition) is 15. The molecule has 0 aromatic carbocycles. The van der Waals surface area contributed by atoms with Crippen LogP contribution in [0.4, 0.5) is 0 Å². The van der Waals surface area contributed by atoms with Gasteiger partial charge in [-0.1, -0.05) is 350 Å². The molecular weight excluding hydrogens is 1260 g/mol. The van der Waals surface area contributed by atoms with Gasteiger partial charge in [0.1, 0.15) is 19.3 Å². The highest BCUT2D eigenvalue weighted by atomic mass is 31.2. The van der Waals surface area contributed by atoms with Gasteiger partial charge in [-0.3, -0.25) is 37.3 Å². The first-order chi connectivity index (χ1) is 46.4. The van der Waals surface area contributed by atoms with Crippen LogP contribution in [0.2, 0.25) is 0 Å². The average Bonchev–Trinajstić information content (AvgIpc) is 1.15. The van der Waals surface area contributed by atoms with Gasteiger partial charge in [-0.25, -0.2) is 9.13 Å². The lowest BCUT2D eigenvalue weighted by atomic mass is 10.0. The number of hydrogen-bond donors (Lipinski definition) is 3. The molecule has 0 radical (unpaired) electrons. The molecule has 0 rings (SSSR count). The Kier molecular flexibility index (Phi) is 67.4. The fourth-order valence-corrected chi connectivity index (χ4v) is 13.4. The van der Waals surface area contributed by atoms with E-state index in [0.29, 0.717) is 25.7 Å². The zero-order valence-corrected chi connectivity index (χ0v) is 64.5. The van der Waals surface area contributed by atoms with E-state index in [4.69, 9.17) is 37.0 Å². The highest BCUT2D eigenvalue weighted by Gasteiger charge is 2.30. The number of ether oxygens (including phenoxy) is 4. The van der Waals surface area contributed by atoms with Crippen molar-refractivity contribution in [3.63, 3.8) is 0 Å². The molecule has 0 bridgehead atoms. The number of esters is 4. The molecule has 0 aromatic heterocycles. The minimum atomic E-state index is -4.96. The molecule has 0 aliphatic rings. The summed E-state index contributed by atoms with van der Waals surface area (Å²) in [5.41, 5.74) is 0. The summed E-state index contributed by atoms with van der Waals surface area (Å²) in [4.78, 5) is 72.8. The molecule has 0 spiro atoms. The standard InChI is InChI=1S/C77H150O17P2/c1-7-9-11-13-15-17-19-20-21-22-23-24-25-26-27-29-37-43-49-55-61-76(81)93-72(65-88-75(80)60-54-48-42-36-31-30-33-39-45-51-57-69(3)4)67-91-95(83,84)89-63-71(78)64-90-96(85,86)92-68-73(66-87-74(79)59-53-47-41-35-28-18-16-14-12-10-8-2)94-77(82)62-56-50-44-38-32-34-40-46-52-58-70(5)6/h69-73,78H,7-68H2,1-6H3,(H,83,84)(H,85,86)/t71-,72-,73-/m1/s1. The second kappa shape index (κ2) is 68.8. The van der Waals surface area contributed by atoms with E-state index in [-0.39, 0.29) is 25.7 Å². The van der Waals surface area contributed by atoms with E-state index in [2.05, 4.69) is 41.5 Å². The molecule has 3 N–H and O–H groups in total. The molecule has 0 heterocycles. The molecule has 0 amide bonds. The zero-order valence-electron chi connectivity index (χ0n) is 62.7. The lowest BCUT2D eigenvalue weighted by molar-refractivity contribution is -0.161. The number of phosphoric ester groups is 2. The van der Waals surface area contributed by atoms with Crippen molar-refractivity contribution in [1.29, 1.82) is 0 Å². The Labute approximate surface area is 588 Å². The molecule has 0 aromatic rings. The number of aliphatic hydroxyl groups is 1. The minimum absolute atomic E-state index is 0.106. The van der Waals surface area contributed by atoms with Crippen molar-refractivity contribution in [3.8, 4) is 0 Å². The van der Waals surface area contributed by atoms with Gasteiger partial charge in [-0.05, 0) is 37.5 Å². The van der Waals surface area contributed by atoms with Crippen LogP contribution in [0.15, 0.2) is 0 Å². The summed E-state index contributed by atoms with van der Waals surface area (Å²) in [6.45, 7) is 9.57. The first kappa shape index (κ1) is 94.1.